The summed E-state index contributed by atoms with van der Waals surface area (Å²) in [6.07, 6.45) is -4.32. The molecule has 1 aromatic carbocycles. The summed E-state index contributed by atoms with van der Waals surface area (Å²) in [6.45, 7) is 1.12. The molecule has 1 fully saturated rings. The minimum absolute atomic E-state index is 0.0328. The fraction of sp³-hybridized carbons (Fsp3) is 0.381. The number of rotatable bonds is 5. The largest absolute Gasteiger partial charge is 0.401 e. The van der Waals surface area contributed by atoms with Crippen molar-refractivity contribution in [2.75, 3.05) is 54.5 Å². The van der Waals surface area contributed by atoms with E-state index in [-0.39, 0.29) is 65.6 Å². The van der Waals surface area contributed by atoms with Gasteiger partial charge in [-0.3, -0.25) is 9.69 Å². The number of fused-ring (bicyclic) bond motifs is 1. The summed E-state index contributed by atoms with van der Waals surface area (Å²) < 4.78 is 39.8. The fourth-order valence-corrected chi connectivity index (χ4v) is 4.33. The predicted molar refractivity (Wildman–Crippen MR) is 129 cm³/mol. The van der Waals surface area contributed by atoms with Crippen LogP contribution < -0.4 is 27.4 Å². The van der Waals surface area contributed by atoms with Crippen LogP contribution >= 0.6 is 11.6 Å². The van der Waals surface area contributed by atoms with E-state index in [4.69, 9.17) is 23.1 Å². The van der Waals surface area contributed by atoms with Crippen molar-refractivity contribution in [1.82, 2.24) is 24.5 Å². The molecule has 4 rings (SSSR count). The number of hydrogen-bond acceptors (Lipinski definition) is 10. The zero-order chi connectivity index (χ0) is 26.2. The van der Waals surface area contributed by atoms with Crippen LogP contribution in [0, 0.1) is 11.3 Å². The van der Waals surface area contributed by atoms with Crippen LogP contribution in [0.4, 0.5) is 30.8 Å². The summed E-state index contributed by atoms with van der Waals surface area (Å²) in [7, 11) is 0. The Labute approximate surface area is 208 Å². The first-order valence-electron chi connectivity index (χ1n) is 10.8. The molecule has 0 spiro atoms. The van der Waals surface area contributed by atoms with Gasteiger partial charge >= 0.3 is 6.18 Å². The van der Waals surface area contributed by atoms with Crippen molar-refractivity contribution >= 4 is 40.1 Å². The van der Waals surface area contributed by atoms with Gasteiger partial charge in [0, 0.05) is 26.2 Å². The van der Waals surface area contributed by atoms with Crippen molar-refractivity contribution in [3.8, 4) is 6.07 Å². The number of anilines is 3. The highest BCUT2D eigenvalue weighted by Crippen LogP contribution is 2.26. The normalized spacial score (nSPS) is 15.6. The molecule has 11 nitrogen and oxygen atoms in total. The van der Waals surface area contributed by atoms with Gasteiger partial charge < -0.3 is 21.8 Å². The van der Waals surface area contributed by atoms with Crippen LogP contribution in [0.15, 0.2) is 23.0 Å². The number of nitrogens with zero attached hydrogens (tertiary/aromatic N) is 7. The van der Waals surface area contributed by atoms with Crippen LogP contribution in [0.25, 0.3) is 10.9 Å². The third-order valence-corrected chi connectivity index (χ3v) is 6.01. The summed E-state index contributed by atoms with van der Waals surface area (Å²) in [4.78, 5) is 27.4. The number of nitrogens with one attached hydrogen (secondary N) is 1. The van der Waals surface area contributed by atoms with Crippen molar-refractivity contribution in [2.45, 2.75) is 19.1 Å². The Kier molecular flexibility index (Phi) is 6.79. The summed E-state index contributed by atoms with van der Waals surface area (Å²) in [5.74, 6) is 0.0180. The Bertz CT molecular complexity index is 1400. The fourth-order valence-electron chi connectivity index (χ4n) is 4.08. The SMILES string of the molecule is CC(Nc1nc(N)nc(N)c1C#N)c1nc2cccc(Cl)c2c(=O)n1N1CCN(CC(F)(F)F)CC1. The number of piperazine rings is 1. The highest BCUT2D eigenvalue weighted by Gasteiger charge is 2.33. The molecule has 1 aliphatic heterocycles. The lowest BCUT2D eigenvalue weighted by atomic mass is 10.2. The second-order valence-electron chi connectivity index (χ2n) is 8.23. The average molecular weight is 523 g/mol. The summed E-state index contributed by atoms with van der Waals surface area (Å²) >= 11 is 6.30. The lowest BCUT2D eigenvalue weighted by Crippen LogP contribution is -2.56. The van der Waals surface area contributed by atoms with Gasteiger partial charge in [0.1, 0.15) is 17.5 Å². The molecule has 1 aliphatic rings. The number of nitriles is 1. The van der Waals surface area contributed by atoms with Gasteiger partial charge in [-0.25, -0.2) is 9.66 Å². The Morgan fingerprint density at radius 2 is 1.89 bits per heavy atom. The van der Waals surface area contributed by atoms with E-state index in [9.17, 15) is 23.2 Å². The molecule has 0 saturated carbocycles. The van der Waals surface area contributed by atoms with Gasteiger partial charge in [0.05, 0.1) is 28.5 Å². The van der Waals surface area contributed by atoms with Gasteiger partial charge in [0.15, 0.2) is 11.6 Å². The quantitative estimate of drug-likeness (QED) is 0.452. The molecule has 0 aliphatic carbocycles. The van der Waals surface area contributed by atoms with Gasteiger partial charge in [0.25, 0.3) is 5.56 Å². The Hall–Kier alpha value is -3.83. The molecule has 5 N–H and O–H groups in total. The smallest absolute Gasteiger partial charge is 0.382 e. The van der Waals surface area contributed by atoms with E-state index in [1.165, 1.54) is 9.58 Å². The molecule has 190 valence electrons. The predicted octanol–water partition coefficient (Wildman–Crippen LogP) is 1.86. The molecule has 0 bridgehead atoms. The summed E-state index contributed by atoms with van der Waals surface area (Å²) in [6, 6.07) is 6.05. The number of halogens is 4. The van der Waals surface area contributed by atoms with Crippen LogP contribution in [-0.2, 0) is 0 Å². The van der Waals surface area contributed by atoms with E-state index in [0.717, 1.165) is 0 Å². The molecular formula is C21H22ClF3N10O. The van der Waals surface area contributed by atoms with E-state index in [0.29, 0.717) is 5.52 Å². The molecule has 1 saturated heterocycles. The molecule has 2 aromatic heterocycles. The first kappa shape index (κ1) is 25.3. The zero-order valence-electron chi connectivity index (χ0n) is 19.1. The average Bonchev–Trinajstić information content (AvgIpc) is 2.78. The zero-order valence-corrected chi connectivity index (χ0v) is 19.8. The Balaban J connectivity index is 1.76. The van der Waals surface area contributed by atoms with E-state index >= 15 is 0 Å². The molecule has 1 atom stereocenters. The minimum Gasteiger partial charge on any atom is -0.382 e. The third kappa shape index (κ3) is 5.07. The van der Waals surface area contributed by atoms with Crippen molar-refractivity contribution in [1.29, 1.82) is 5.26 Å². The number of nitrogens with two attached hydrogens (primary N) is 2. The molecular weight excluding hydrogens is 501 g/mol. The highest BCUT2D eigenvalue weighted by atomic mass is 35.5. The van der Waals surface area contributed by atoms with Crippen LogP contribution in [0.1, 0.15) is 24.4 Å². The van der Waals surface area contributed by atoms with Gasteiger partial charge in [0.2, 0.25) is 5.95 Å². The molecule has 3 heterocycles. The summed E-state index contributed by atoms with van der Waals surface area (Å²) in [5, 5.41) is 14.5. The van der Waals surface area contributed by atoms with Crippen molar-refractivity contribution < 1.29 is 13.2 Å². The molecule has 36 heavy (non-hydrogen) atoms. The van der Waals surface area contributed by atoms with Crippen LogP contribution in [0.2, 0.25) is 5.02 Å². The molecule has 0 amide bonds. The molecule has 15 heteroatoms. The third-order valence-electron chi connectivity index (χ3n) is 5.69. The number of aromatic nitrogens is 4. The maximum absolute atomic E-state index is 13.6. The van der Waals surface area contributed by atoms with Crippen LogP contribution in [0.5, 0.6) is 0 Å². The lowest BCUT2D eigenvalue weighted by molar-refractivity contribution is -0.146. The van der Waals surface area contributed by atoms with Gasteiger partial charge in [-0.05, 0) is 19.1 Å². The van der Waals surface area contributed by atoms with E-state index in [1.54, 1.807) is 30.1 Å². The minimum atomic E-state index is -4.32. The first-order chi connectivity index (χ1) is 17.0. The topological polar surface area (TPSA) is 155 Å². The molecule has 1 unspecified atom stereocenters. The number of benzene rings is 1. The lowest BCUT2D eigenvalue weighted by Gasteiger charge is -2.38. The molecule has 3 aromatic rings. The number of hydrogen-bond donors (Lipinski definition) is 3. The van der Waals surface area contributed by atoms with E-state index < -0.39 is 24.3 Å². The second kappa shape index (κ2) is 9.67. The van der Waals surface area contributed by atoms with Crippen molar-refractivity contribution in [3.05, 3.63) is 45.0 Å². The maximum atomic E-state index is 13.6. The second-order valence-corrected chi connectivity index (χ2v) is 8.64. The Morgan fingerprint density at radius 1 is 1.19 bits per heavy atom. The molecule has 0 radical (unpaired) electrons. The van der Waals surface area contributed by atoms with Gasteiger partial charge in [-0.15, -0.1) is 0 Å². The van der Waals surface area contributed by atoms with Crippen molar-refractivity contribution in [2.24, 2.45) is 0 Å². The Morgan fingerprint density at radius 3 is 2.53 bits per heavy atom. The number of alkyl halides is 3. The van der Waals surface area contributed by atoms with Crippen molar-refractivity contribution in [3.63, 3.8) is 0 Å². The van der Waals surface area contributed by atoms with E-state index in [2.05, 4.69) is 20.3 Å². The van der Waals surface area contributed by atoms with Crippen LogP contribution in [-0.4, -0.2) is 63.4 Å². The first-order valence-corrected chi connectivity index (χ1v) is 11.2. The van der Waals surface area contributed by atoms with Crippen LogP contribution in [0.3, 0.4) is 0 Å². The van der Waals surface area contributed by atoms with E-state index in [1.807, 2.05) is 6.07 Å². The number of nitrogen functional groups attached to an aromatic ring is 2. The van der Waals surface area contributed by atoms with Gasteiger partial charge in [-0.1, -0.05) is 17.7 Å². The summed E-state index contributed by atoms with van der Waals surface area (Å²) in [5.41, 5.74) is 11.3. The monoisotopic (exact) mass is 522 g/mol. The maximum Gasteiger partial charge on any atom is 0.401 e. The standard InChI is InChI=1S/C21H22ClF3N10O/c1-11(29-17-12(9-26)16(27)31-20(28)32-17)18-30-14-4-2-3-13(22)15(14)19(36)35(18)34-7-5-33(6-8-34)10-21(23,24)25/h2-4,11H,5-8,10H2,1H3,(H5,27,28,29,31,32). The van der Waals surface area contributed by atoms with Gasteiger partial charge in [-0.2, -0.15) is 28.4 Å². The highest BCUT2D eigenvalue weighted by molar-refractivity contribution is 6.35.